The molecular weight excluding hydrogens is 584 g/mol. The Labute approximate surface area is 201 Å². The fourth-order valence-corrected chi connectivity index (χ4v) is 7.13. The molecule has 4 rings (SSSR count). The fraction of sp³-hybridized carbons (Fsp3) is 0.200. The number of nitrogens with zero attached hydrogens (tertiary/aromatic N) is 4. The van der Waals surface area contributed by atoms with Crippen LogP contribution in [-0.4, -0.2) is 31.9 Å². The van der Waals surface area contributed by atoms with Gasteiger partial charge >= 0.3 is 0 Å². The van der Waals surface area contributed by atoms with Gasteiger partial charge in [-0.05, 0) is 70.6 Å². The molecular formula is C15H9BrF4N4S6. The third kappa shape index (κ3) is 7.24. The van der Waals surface area contributed by atoms with Gasteiger partial charge in [0.1, 0.15) is 0 Å². The van der Waals surface area contributed by atoms with Crippen LogP contribution < -0.4 is 0 Å². The number of hydrogen-bond donors (Lipinski definition) is 0. The smallest absolute Gasteiger partial charge is 0.197 e. The van der Waals surface area contributed by atoms with Crippen molar-refractivity contribution in [2.24, 2.45) is 0 Å². The van der Waals surface area contributed by atoms with Crippen molar-refractivity contribution in [1.82, 2.24) is 20.4 Å². The van der Waals surface area contributed by atoms with E-state index in [0.29, 0.717) is 42.2 Å². The van der Waals surface area contributed by atoms with Gasteiger partial charge in [-0.15, -0.1) is 43.1 Å². The Kier molecular flexibility index (Phi) is 9.09. The van der Waals surface area contributed by atoms with Crippen molar-refractivity contribution in [2.75, 3.05) is 0 Å². The van der Waals surface area contributed by atoms with Crippen LogP contribution >= 0.6 is 84.8 Å². The zero-order chi connectivity index (χ0) is 21.7. The number of rotatable bonds is 6. The predicted octanol–water partition coefficient (Wildman–Crippen LogP) is 8.23. The minimum absolute atomic E-state index is 0.296. The van der Waals surface area contributed by atoms with Gasteiger partial charge < -0.3 is 0 Å². The summed E-state index contributed by atoms with van der Waals surface area (Å²) in [6, 6.07) is 7.67. The highest BCUT2D eigenvalue weighted by Crippen LogP contribution is 2.37. The average molecular weight is 594 g/mol. The zero-order valence-electron chi connectivity index (χ0n) is 14.6. The van der Waals surface area contributed by atoms with E-state index < -0.39 is 11.5 Å². The van der Waals surface area contributed by atoms with Crippen LogP contribution in [-0.2, 0) is 0 Å². The van der Waals surface area contributed by atoms with E-state index in [1.165, 1.54) is 38.9 Å². The normalized spacial score (nSPS) is 11.2. The third-order valence-electron chi connectivity index (χ3n) is 2.93. The van der Waals surface area contributed by atoms with Gasteiger partial charge in [0.2, 0.25) is 0 Å². The van der Waals surface area contributed by atoms with E-state index in [1.54, 1.807) is 11.3 Å². The SMILES string of the molecule is Cc1ccc(-c2nnc(SC(F)F)s2)s1.FC(F)Sc1nnc(-c2ccc(Br)s2)s1. The molecule has 0 unspecified atom stereocenters. The van der Waals surface area contributed by atoms with Crippen LogP contribution in [0.15, 0.2) is 36.7 Å². The first-order chi connectivity index (χ1) is 14.3. The van der Waals surface area contributed by atoms with Crippen LogP contribution in [0.4, 0.5) is 17.6 Å². The number of alkyl halides is 4. The summed E-state index contributed by atoms with van der Waals surface area (Å²) in [4.78, 5) is 3.08. The Morgan fingerprint density at radius 2 is 1.23 bits per heavy atom. The molecule has 0 N–H and O–H groups in total. The van der Waals surface area contributed by atoms with Gasteiger partial charge in [-0.25, -0.2) is 0 Å². The van der Waals surface area contributed by atoms with Crippen LogP contribution in [0.5, 0.6) is 0 Å². The van der Waals surface area contributed by atoms with Gasteiger partial charge in [0, 0.05) is 4.88 Å². The maximum Gasteiger partial charge on any atom is 0.291 e. The molecule has 0 spiro atoms. The average Bonchev–Trinajstić information content (AvgIpc) is 3.42. The second-order valence-electron chi connectivity index (χ2n) is 5.02. The topological polar surface area (TPSA) is 51.6 Å². The molecule has 4 aromatic heterocycles. The highest BCUT2D eigenvalue weighted by molar-refractivity contribution is 9.11. The van der Waals surface area contributed by atoms with Crippen molar-refractivity contribution in [1.29, 1.82) is 0 Å². The predicted molar refractivity (Wildman–Crippen MR) is 123 cm³/mol. The van der Waals surface area contributed by atoms with E-state index in [1.807, 2.05) is 31.2 Å². The Morgan fingerprint density at radius 1 is 0.733 bits per heavy atom. The monoisotopic (exact) mass is 592 g/mol. The summed E-state index contributed by atoms with van der Waals surface area (Å²) < 4.78 is 49.7. The number of aryl methyl sites for hydroxylation is 1. The molecule has 0 saturated heterocycles. The van der Waals surface area contributed by atoms with Crippen LogP contribution in [0.25, 0.3) is 19.8 Å². The Morgan fingerprint density at radius 3 is 1.63 bits per heavy atom. The van der Waals surface area contributed by atoms with E-state index in [4.69, 9.17) is 0 Å². The first-order valence-electron chi connectivity index (χ1n) is 7.69. The molecule has 0 amide bonds. The Hall–Kier alpha value is -0.580. The number of halogens is 5. The summed E-state index contributed by atoms with van der Waals surface area (Å²) in [5.41, 5.74) is 0. The summed E-state index contributed by atoms with van der Waals surface area (Å²) in [5.74, 6) is -4.88. The second-order valence-corrected chi connectivity index (χ2v) is 13.2. The molecule has 30 heavy (non-hydrogen) atoms. The molecule has 4 heterocycles. The molecule has 160 valence electrons. The first-order valence-corrected chi connectivity index (χ1v) is 13.5. The lowest BCUT2D eigenvalue weighted by Gasteiger charge is -1.89. The largest absolute Gasteiger partial charge is 0.291 e. The van der Waals surface area contributed by atoms with Crippen molar-refractivity contribution < 1.29 is 17.6 Å². The van der Waals surface area contributed by atoms with Crippen molar-refractivity contribution in [3.8, 4) is 19.8 Å². The Balaban J connectivity index is 0.000000171. The van der Waals surface area contributed by atoms with Crippen LogP contribution in [0, 0.1) is 6.92 Å². The molecule has 0 aliphatic rings. The van der Waals surface area contributed by atoms with Crippen molar-refractivity contribution >= 4 is 84.8 Å². The van der Waals surface area contributed by atoms with Gasteiger partial charge in [0.25, 0.3) is 11.5 Å². The quantitative estimate of drug-likeness (QED) is 0.166. The van der Waals surface area contributed by atoms with Gasteiger partial charge in [-0.3, -0.25) is 0 Å². The highest BCUT2D eigenvalue weighted by atomic mass is 79.9. The number of aromatic nitrogens is 4. The van der Waals surface area contributed by atoms with Crippen molar-refractivity contribution in [2.45, 2.75) is 27.1 Å². The van der Waals surface area contributed by atoms with Gasteiger partial charge in [0.15, 0.2) is 18.7 Å². The minimum Gasteiger partial charge on any atom is -0.197 e. The summed E-state index contributed by atoms with van der Waals surface area (Å²) in [5, 5.41) is 16.5. The van der Waals surface area contributed by atoms with E-state index >= 15 is 0 Å². The summed E-state index contributed by atoms with van der Waals surface area (Å²) in [6.45, 7) is 1.99. The third-order valence-corrected chi connectivity index (χ3v) is 9.33. The van der Waals surface area contributed by atoms with Gasteiger partial charge in [0.05, 0.1) is 13.5 Å². The lowest BCUT2D eigenvalue weighted by Crippen LogP contribution is -1.79. The maximum atomic E-state index is 12.0. The molecule has 4 nitrogen and oxygen atoms in total. The minimum atomic E-state index is -2.44. The molecule has 0 aliphatic heterocycles. The molecule has 15 heteroatoms. The van der Waals surface area contributed by atoms with Gasteiger partial charge in [-0.2, -0.15) is 17.6 Å². The molecule has 0 fully saturated rings. The fourth-order valence-electron chi connectivity index (χ4n) is 1.85. The highest BCUT2D eigenvalue weighted by Gasteiger charge is 2.14. The standard InChI is InChI=1S/C8H6F2N2S3.C7H3BrF2N2S3/c1-4-2-3-5(13-4)6-11-12-8(14-6)15-7(9)10;8-4-2-1-3(13-4)5-11-12-7(14-5)15-6(9)10/h2-3,7H,1H3;1-2,6H. The summed E-state index contributed by atoms with van der Waals surface area (Å²) in [7, 11) is 0. The molecule has 0 bridgehead atoms. The first kappa shape index (κ1) is 24.1. The van der Waals surface area contributed by atoms with Crippen molar-refractivity contribution in [3.63, 3.8) is 0 Å². The van der Waals surface area contributed by atoms with E-state index in [0.717, 1.165) is 13.5 Å². The maximum absolute atomic E-state index is 12.0. The van der Waals surface area contributed by atoms with Crippen LogP contribution in [0.1, 0.15) is 4.88 Å². The molecule has 0 aliphatic carbocycles. The number of thiophene rings is 2. The molecule has 0 radical (unpaired) electrons. The van der Waals surface area contributed by atoms with E-state index in [9.17, 15) is 17.6 Å². The molecule has 0 aromatic carbocycles. The summed E-state index contributed by atoms with van der Waals surface area (Å²) >= 11 is 9.65. The zero-order valence-corrected chi connectivity index (χ0v) is 21.1. The van der Waals surface area contributed by atoms with Crippen LogP contribution in [0.3, 0.4) is 0 Å². The molecule has 0 atom stereocenters. The van der Waals surface area contributed by atoms with Gasteiger partial charge in [-0.1, -0.05) is 22.7 Å². The van der Waals surface area contributed by atoms with E-state index in [-0.39, 0.29) is 0 Å². The lowest BCUT2D eigenvalue weighted by atomic mass is 10.4. The number of thioether (sulfide) groups is 2. The van der Waals surface area contributed by atoms with Crippen LogP contribution in [0.2, 0.25) is 0 Å². The summed E-state index contributed by atoms with van der Waals surface area (Å²) in [6.07, 6.45) is 0. The molecule has 0 saturated carbocycles. The Bertz CT molecular complexity index is 994. The van der Waals surface area contributed by atoms with E-state index in [2.05, 4.69) is 36.3 Å². The second kappa shape index (κ2) is 11.3. The lowest BCUT2D eigenvalue weighted by molar-refractivity contribution is 0.251. The molecule has 4 aromatic rings. The van der Waals surface area contributed by atoms with Crippen molar-refractivity contribution in [3.05, 3.63) is 32.9 Å². The number of hydrogen-bond acceptors (Lipinski definition) is 10.